The lowest BCUT2D eigenvalue weighted by Crippen LogP contribution is -2.48. The van der Waals surface area contributed by atoms with Crippen LogP contribution in [0.25, 0.3) is 0 Å². The second-order valence-corrected chi connectivity index (χ2v) is 12.0. The van der Waals surface area contributed by atoms with Crippen molar-refractivity contribution in [2.45, 2.75) is 142 Å². The maximum Gasteiger partial charge on any atom is 0.114 e. The van der Waals surface area contributed by atoms with Gasteiger partial charge in [0.15, 0.2) is 0 Å². The first-order valence-corrected chi connectivity index (χ1v) is 16.9. The Balaban J connectivity index is 3.16. The van der Waals surface area contributed by atoms with Crippen LogP contribution in [-0.2, 0) is 25.4 Å². The third-order valence-electron chi connectivity index (χ3n) is 9.07. The molecule has 1 aromatic rings. The molecule has 1 rings (SSSR count). The summed E-state index contributed by atoms with van der Waals surface area (Å²) in [5, 5.41) is 10.3. The number of ether oxygens (including phenoxy) is 4. The summed E-state index contributed by atoms with van der Waals surface area (Å²) in [6.07, 6.45) is 14.0. The van der Waals surface area contributed by atoms with Crippen molar-refractivity contribution in [3.8, 4) is 0 Å². The summed E-state index contributed by atoms with van der Waals surface area (Å²) in [6, 6.07) is 10.6. The molecule has 1 N–H and O–H groups in total. The average molecular weight is 601 g/mol. The van der Waals surface area contributed by atoms with Gasteiger partial charge in [-0.3, -0.25) is 0 Å². The number of allylic oxidation sites excluding steroid dienone is 3. The van der Waals surface area contributed by atoms with E-state index in [0.717, 1.165) is 57.8 Å². The quantitative estimate of drug-likeness (QED) is 0.0652. The highest BCUT2D eigenvalue weighted by molar-refractivity contribution is 5.14. The highest BCUT2D eigenvalue weighted by Gasteiger charge is 2.41. The molecular formula is C38H64O5. The van der Waals surface area contributed by atoms with E-state index in [4.69, 9.17) is 18.9 Å². The molecule has 4 unspecified atom stereocenters. The van der Waals surface area contributed by atoms with Crippen molar-refractivity contribution in [3.05, 3.63) is 73.0 Å². The van der Waals surface area contributed by atoms with E-state index in [2.05, 4.69) is 92.0 Å². The maximum absolute atomic E-state index is 10.3. The van der Waals surface area contributed by atoms with Gasteiger partial charge in [-0.05, 0) is 75.8 Å². The highest BCUT2D eigenvalue weighted by Crippen LogP contribution is 2.39. The van der Waals surface area contributed by atoms with E-state index < -0.39 is 0 Å². The molecule has 5 heteroatoms. The average Bonchev–Trinajstić information content (AvgIpc) is 3.04. The van der Waals surface area contributed by atoms with Gasteiger partial charge in [-0.2, -0.15) is 0 Å². The number of aliphatic hydroxyl groups excluding tert-OH is 1. The summed E-state index contributed by atoms with van der Waals surface area (Å²) in [4.78, 5) is 0. The van der Waals surface area contributed by atoms with Crippen LogP contribution in [0.3, 0.4) is 0 Å². The van der Waals surface area contributed by atoms with E-state index in [1.807, 2.05) is 12.2 Å². The van der Waals surface area contributed by atoms with Gasteiger partial charge >= 0.3 is 0 Å². The summed E-state index contributed by atoms with van der Waals surface area (Å²) >= 11 is 0. The third-order valence-corrected chi connectivity index (χ3v) is 9.07. The van der Waals surface area contributed by atoms with Crippen molar-refractivity contribution < 1.29 is 24.1 Å². The second-order valence-electron chi connectivity index (χ2n) is 12.0. The Morgan fingerprint density at radius 1 is 0.930 bits per heavy atom. The number of benzene rings is 1. The van der Waals surface area contributed by atoms with Crippen LogP contribution in [0.1, 0.15) is 112 Å². The molecule has 4 atom stereocenters. The second kappa shape index (κ2) is 21.7. The molecule has 0 amide bonds. The van der Waals surface area contributed by atoms with E-state index in [1.165, 1.54) is 5.56 Å². The molecular weight excluding hydrogens is 536 g/mol. The number of aliphatic hydroxyl groups is 1. The fourth-order valence-electron chi connectivity index (χ4n) is 6.00. The standard InChI is InChI=1S/C38H64O5/c1-10-17-22-31(8)40-30-36(28-37(9,14-5)41-26-21-25-32-23-19-18-20-24-32)43-38(15-6,16-7)33(11-2)27-35(29-39)42-34(12-3)13-4/h10,17-20,22-24,33-36,39H,1,8,11-16,21,25-30H2,2-7,9H3. The molecule has 0 saturated heterocycles. The Hall–Kier alpha value is -1.92. The maximum atomic E-state index is 10.3. The first-order chi connectivity index (χ1) is 20.7. The number of hydrogen-bond acceptors (Lipinski definition) is 5. The zero-order valence-electron chi connectivity index (χ0n) is 28.6. The Labute approximate surface area is 264 Å². The zero-order chi connectivity index (χ0) is 32.1. The number of hydrogen-bond donors (Lipinski definition) is 1. The number of aryl methyl sites for hydroxylation is 1. The van der Waals surface area contributed by atoms with Crippen LogP contribution in [0.15, 0.2) is 67.5 Å². The van der Waals surface area contributed by atoms with Crippen LogP contribution in [0.4, 0.5) is 0 Å². The molecule has 5 nitrogen and oxygen atoms in total. The Morgan fingerprint density at radius 2 is 1.60 bits per heavy atom. The molecule has 0 saturated carbocycles. The lowest BCUT2D eigenvalue weighted by Gasteiger charge is -2.44. The van der Waals surface area contributed by atoms with Crippen LogP contribution >= 0.6 is 0 Å². The monoisotopic (exact) mass is 600 g/mol. The van der Waals surface area contributed by atoms with Crippen molar-refractivity contribution in [3.63, 3.8) is 0 Å². The molecule has 43 heavy (non-hydrogen) atoms. The van der Waals surface area contributed by atoms with Crippen molar-refractivity contribution in [1.29, 1.82) is 0 Å². The van der Waals surface area contributed by atoms with Gasteiger partial charge in [-0.1, -0.05) is 104 Å². The van der Waals surface area contributed by atoms with Gasteiger partial charge < -0.3 is 24.1 Å². The minimum Gasteiger partial charge on any atom is -0.492 e. The molecule has 0 radical (unpaired) electrons. The molecule has 0 aliphatic heterocycles. The van der Waals surface area contributed by atoms with Crippen molar-refractivity contribution in [2.75, 3.05) is 19.8 Å². The molecule has 0 spiro atoms. The first-order valence-electron chi connectivity index (χ1n) is 16.9. The smallest absolute Gasteiger partial charge is 0.114 e. The van der Waals surface area contributed by atoms with Crippen molar-refractivity contribution in [2.24, 2.45) is 5.92 Å². The molecule has 0 bridgehead atoms. The van der Waals surface area contributed by atoms with Gasteiger partial charge in [0, 0.05) is 13.0 Å². The molecule has 0 heterocycles. The van der Waals surface area contributed by atoms with Gasteiger partial charge in [-0.25, -0.2) is 0 Å². The van der Waals surface area contributed by atoms with Crippen LogP contribution in [0, 0.1) is 5.92 Å². The Morgan fingerprint density at radius 3 is 2.14 bits per heavy atom. The minimum atomic E-state index is -0.381. The Kier molecular flexibility index (Phi) is 19.8. The summed E-state index contributed by atoms with van der Waals surface area (Å²) < 4.78 is 26.3. The highest BCUT2D eigenvalue weighted by atomic mass is 16.6. The van der Waals surface area contributed by atoms with E-state index in [0.29, 0.717) is 25.4 Å². The van der Waals surface area contributed by atoms with Crippen LogP contribution in [0.5, 0.6) is 0 Å². The summed E-state index contributed by atoms with van der Waals surface area (Å²) in [7, 11) is 0. The van der Waals surface area contributed by atoms with Crippen molar-refractivity contribution in [1.82, 2.24) is 0 Å². The molecule has 0 aliphatic carbocycles. The fraction of sp³-hybridized carbons (Fsp3) is 0.684. The lowest BCUT2D eigenvalue weighted by atomic mass is 9.77. The molecule has 1 aromatic carbocycles. The SMILES string of the molecule is C=CC=CC(=C)OCC(CC(C)(CC)OCCCc1ccccc1)OC(CC)(CC)C(CC)CC(CO)OC(CC)CC. The van der Waals surface area contributed by atoms with Gasteiger partial charge in [0.05, 0.1) is 36.1 Å². The third kappa shape index (κ3) is 14.2. The Bertz CT molecular complexity index is 889. The number of rotatable bonds is 26. The topological polar surface area (TPSA) is 57.2 Å². The minimum absolute atomic E-state index is 0.0171. The molecule has 246 valence electrons. The molecule has 0 aromatic heterocycles. The van der Waals surface area contributed by atoms with E-state index >= 15 is 0 Å². The van der Waals surface area contributed by atoms with Crippen LogP contribution in [-0.4, -0.2) is 54.4 Å². The normalized spacial score (nSPS) is 15.7. The molecule has 0 fully saturated rings. The largest absolute Gasteiger partial charge is 0.492 e. The van der Waals surface area contributed by atoms with Gasteiger partial charge in [0.25, 0.3) is 0 Å². The van der Waals surface area contributed by atoms with Gasteiger partial charge in [-0.15, -0.1) is 0 Å². The predicted octanol–water partition coefficient (Wildman–Crippen LogP) is 9.39. The van der Waals surface area contributed by atoms with E-state index in [-0.39, 0.29) is 42.0 Å². The van der Waals surface area contributed by atoms with Crippen LogP contribution < -0.4 is 0 Å². The summed E-state index contributed by atoms with van der Waals surface area (Å²) in [6.45, 7) is 24.2. The zero-order valence-corrected chi connectivity index (χ0v) is 28.6. The molecule has 0 aliphatic rings. The summed E-state index contributed by atoms with van der Waals surface area (Å²) in [5.74, 6) is 0.806. The van der Waals surface area contributed by atoms with Gasteiger partial charge in [0.2, 0.25) is 0 Å². The fourth-order valence-corrected chi connectivity index (χ4v) is 6.00. The van der Waals surface area contributed by atoms with E-state index in [9.17, 15) is 5.11 Å². The van der Waals surface area contributed by atoms with Crippen LogP contribution in [0.2, 0.25) is 0 Å². The lowest BCUT2D eigenvalue weighted by molar-refractivity contribution is -0.179. The van der Waals surface area contributed by atoms with Crippen molar-refractivity contribution >= 4 is 0 Å². The predicted molar refractivity (Wildman–Crippen MR) is 181 cm³/mol. The first kappa shape index (κ1) is 39.1. The van der Waals surface area contributed by atoms with Gasteiger partial charge in [0.1, 0.15) is 12.4 Å². The van der Waals surface area contributed by atoms with E-state index in [1.54, 1.807) is 6.08 Å². The summed E-state index contributed by atoms with van der Waals surface area (Å²) in [5.41, 5.74) is 0.596.